The molecule has 11 aromatic carbocycles. The van der Waals surface area contributed by atoms with Gasteiger partial charge in [-0.3, -0.25) is 0 Å². The largest absolute Gasteiger partial charge is 0.456 e. The Hall–Kier alpha value is -10.8. The van der Waals surface area contributed by atoms with E-state index in [0.29, 0.717) is 29.1 Å². The van der Waals surface area contributed by atoms with E-state index in [-0.39, 0.29) is 5.92 Å². The minimum absolute atomic E-state index is 0.0883. The van der Waals surface area contributed by atoms with Gasteiger partial charge in [0.2, 0.25) is 0 Å². The summed E-state index contributed by atoms with van der Waals surface area (Å²) in [6.07, 6.45) is 5.19. The minimum atomic E-state index is -0.0883. The van der Waals surface area contributed by atoms with Crippen LogP contribution in [0.25, 0.3) is 193 Å². The Labute approximate surface area is 555 Å². The molecule has 94 heavy (non-hydrogen) atoms. The van der Waals surface area contributed by atoms with Crippen LogP contribution in [0.4, 0.5) is 0 Å². The molecule has 1 unspecified atom stereocenters. The second-order valence-corrected chi connectivity index (χ2v) is 28.9. The van der Waals surface area contributed by atoms with Gasteiger partial charge in [-0.1, -0.05) is 158 Å². The van der Waals surface area contributed by atoms with E-state index in [1.807, 2.05) is 36.4 Å². The monoisotopic (exact) mass is 1290 g/mol. The highest BCUT2D eigenvalue weighted by atomic mass is 32.1. The number of rotatable bonds is 9. The van der Waals surface area contributed by atoms with Gasteiger partial charge in [-0.2, -0.15) is 0 Å². The van der Waals surface area contributed by atoms with Gasteiger partial charge in [0.15, 0.2) is 29.1 Å². The molecule has 0 fully saturated rings. The Kier molecular flexibility index (Phi) is 12.2. The van der Waals surface area contributed by atoms with Gasteiger partial charge in [0, 0.05) is 116 Å². The fraction of sp³-hybridized carbons (Fsp3) is 0.0250. The Bertz CT molecular complexity index is 6480. The van der Waals surface area contributed by atoms with E-state index < -0.39 is 0 Å². The van der Waals surface area contributed by atoms with Crippen LogP contribution in [-0.2, 0) is 0 Å². The van der Waals surface area contributed by atoms with Gasteiger partial charge in [0.05, 0.1) is 20.4 Å². The second kappa shape index (κ2) is 21.4. The summed E-state index contributed by atoms with van der Waals surface area (Å²) < 4.78 is 15.7. The van der Waals surface area contributed by atoms with E-state index in [0.717, 1.165) is 130 Å². The molecular formula is C80H44N8OS5. The molecule has 0 aliphatic heterocycles. The standard InChI is InChI=1S/C80H44N8OS5/c1-2-13-43(14-3-1)73-83-75(47-27-32-52-51-17-4-7-24-63(51)89-64(52)41-47)87-77(85-73)57-21-11-19-56-60-39-50(31-35-67(60)91-71(56)57)80-82-62-40-45(29-36-69(62)94-80)44-15-10-16-46(37-44)74-84-76(48-28-33-54-53-18-5-8-25-65(53)90-70(54)42-48)88-78(86-74)58-22-12-20-55-59-38-49(30-34-66(59)92-72(55)58)79-81-61-23-6-9-26-68(61)93-79/h1-26,28-42,47H,27H2. The summed E-state index contributed by atoms with van der Waals surface area (Å²) in [4.78, 5) is 42.1. The Morgan fingerprint density at radius 3 is 1.59 bits per heavy atom. The SMILES string of the molecule is C1=c2oc3ccccc3c2=CCC1c1nc(-c2ccccc2)nc(-c2cccc3c2sc2ccc(-c4nc5cc(-c6cccc(-c7nc(-c8ccc9c(c8)sc8ccccc89)nc(-c8cccc9c8sc8ccc(-c%10nc%11ccccc%11s%10)cc89)n7)c6)ccc5s4)cc23)n1. The quantitative estimate of drug-likeness (QED) is 0.139. The van der Waals surface area contributed by atoms with Gasteiger partial charge in [-0.15, -0.1) is 56.7 Å². The van der Waals surface area contributed by atoms with Gasteiger partial charge >= 0.3 is 0 Å². The Balaban J connectivity index is 0.650. The molecule has 8 heterocycles. The first-order valence-electron chi connectivity index (χ1n) is 30.9. The van der Waals surface area contributed by atoms with Crippen LogP contribution < -0.4 is 10.6 Å². The summed E-state index contributed by atoms with van der Waals surface area (Å²) in [6.45, 7) is 0. The van der Waals surface area contributed by atoms with E-state index in [4.69, 9.17) is 44.3 Å². The average molecular weight is 1290 g/mol. The molecule has 0 spiro atoms. The number of hydrogen-bond donors (Lipinski definition) is 0. The number of nitrogens with zero attached hydrogens (tertiary/aromatic N) is 8. The zero-order valence-corrected chi connectivity index (χ0v) is 53.6. The van der Waals surface area contributed by atoms with Crippen molar-refractivity contribution in [3.63, 3.8) is 0 Å². The van der Waals surface area contributed by atoms with Crippen molar-refractivity contribution in [1.29, 1.82) is 0 Å². The fourth-order valence-electron chi connectivity index (χ4n) is 13.4. The van der Waals surface area contributed by atoms with Crippen LogP contribution in [0.1, 0.15) is 18.2 Å². The molecule has 14 heteroatoms. The maximum absolute atomic E-state index is 6.37. The molecule has 9 nitrogen and oxygen atoms in total. The van der Waals surface area contributed by atoms with Gasteiger partial charge in [0.25, 0.3) is 0 Å². The van der Waals surface area contributed by atoms with Gasteiger partial charge < -0.3 is 4.42 Å². The molecular weight excluding hydrogens is 1250 g/mol. The molecule has 440 valence electrons. The van der Waals surface area contributed by atoms with Crippen molar-refractivity contribution in [2.45, 2.75) is 12.3 Å². The van der Waals surface area contributed by atoms with Crippen molar-refractivity contribution in [2.75, 3.05) is 0 Å². The molecule has 0 saturated carbocycles. The third kappa shape index (κ3) is 8.97. The van der Waals surface area contributed by atoms with E-state index in [1.165, 1.54) is 45.0 Å². The highest BCUT2D eigenvalue weighted by Gasteiger charge is 2.24. The van der Waals surface area contributed by atoms with E-state index >= 15 is 0 Å². The third-order valence-electron chi connectivity index (χ3n) is 18.0. The van der Waals surface area contributed by atoms with Crippen molar-refractivity contribution in [3.05, 3.63) is 253 Å². The first-order chi connectivity index (χ1) is 46.5. The summed E-state index contributed by atoms with van der Waals surface area (Å²) >= 11 is 8.77. The van der Waals surface area contributed by atoms with Crippen molar-refractivity contribution in [2.24, 2.45) is 0 Å². The number of furan rings is 1. The molecule has 1 atom stereocenters. The third-order valence-corrected chi connectivity index (χ3v) is 23.7. The van der Waals surface area contributed by atoms with Crippen molar-refractivity contribution >= 4 is 161 Å². The number of hydrogen-bond acceptors (Lipinski definition) is 14. The van der Waals surface area contributed by atoms with Crippen LogP contribution in [0, 0.1) is 0 Å². The van der Waals surface area contributed by atoms with Crippen LogP contribution in [0.2, 0.25) is 0 Å². The van der Waals surface area contributed by atoms with Gasteiger partial charge in [-0.05, 0) is 109 Å². The summed E-state index contributed by atoms with van der Waals surface area (Å²) in [5.74, 6) is 3.78. The van der Waals surface area contributed by atoms with Crippen LogP contribution >= 0.6 is 56.7 Å². The summed E-state index contributed by atoms with van der Waals surface area (Å²) in [5.41, 5.74) is 12.7. The number of thiazole rings is 2. The predicted molar refractivity (Wildman–Crippen MR) is 393 cm³/mol. The van der Waals surface area contributed by atoms with Crippen LogP contribution in [0.5, 0.6) is 0 Å². The number of fused-ring (bicyclic) bond motifs is 14. The molecule has 0 saturated heterocycles. The van der Waals surface area contributed by atoms with E-state index in [9.17, 15) is 0 Å². The zero-order chi connectivity index (χ0) is 61.5. The lowest BCUT2D eigenvalue weighted by Crippen LogP contribution is -2.25. The highest BCUT2D eigenvalue weighted by molar-refractivity contribution is 7.27. The number of para-hydroxylation sites is 2. The highest BCUT2D eigenvalue weighted by Crippen LogP contribution is 2.46. The molecule has 0 amide bonds. The molecule has 19 aromatic rings. The molecule has 1 aliphatic carbocycles. The van der Waals surface area contributed by atoms with E-state index in [2.05, 4.69) is 212 Å². The molecule has 20 rings (SSSR count). The van der Waals surface area contributed by atoms with Crippen LogP contribution in [0.15, 0.2) is 241 Å². The minimum Gasteiger partial charge on any atom is -0.456 e. The second-order valence-electron chi connectivity index (χ2n) is 23.7. The van der Waals surface area contributed by atoms with Crippen LogP contribution in [-0.4, -0.2) is 39.9 Å². The van der Waals surface area contributed by atoms with Crippen molar-refractivity contribution < 1.29 is 4.42 Å². The number of thiophene rings is 3. The van der Waals surface area contributed by atoms with Crippen molar-refractivity contribution in [1.82, 2.24) is 39.9 Å². The van der Waals surface area contributed by atoms with Gasteiger partial charge in [-0.25, -0.2) is 39.9 Å². The summed E-state index contributed by atoms with van der Waals surface area (Å²) in [6, 6.07) is 83.6. The Morgan fingerprint density at radius 1 is 0.309 bits per heavy atom. The predicted octanol–water partition coefficient (Wildman–Crippen LogP) is 21.2. The van der Waals surface area contributed by atoms with Crippen LogP contribution in [0.3, 0.4) is 0 Å². The first kappa shape index (κ1) is 53.8. The topological polar surface area (TPSA) is 116 Å². The van der Waals surface area contributed by atoms with Crippen molar-refractivity contribution in [3.8, 4) is 89.2 Å². The average Bonchev–Trinajstić information content (AvgIpc) is 1.59. The normalized spacial score (nSPS) is 13.3. The molecule has 1 aliphatic rings. The van der Waals surface area contributed by atoms with Gasteiger partial charge in [0.1, 0.15) is 26.8 Å². The number of benzene rings is 11. The summed E-state index contributed by atoms with van der Waals surface area (Å²) in [5, 5.41) is 11.4. The zero-order valence-electron chi connectivity index (χ0n) is 49.5. The maximum atomic E-state index is 6.37. The van der Waals surface area contributed by atoms with E-state index in [1.54, 1.807) is 56.7 Å². The molecule has 0 radical (unpaired) electrons. The maximum Gasteiger partial charge on any atom is 0.165 e. The molecule has 0 N–H and O–H groups in total. The smallest absolute Gasteiger partial charge is 0.165 e. The lowest BCUT2D eigenvalue weighted by Gasteiger charge is -2.14. The molecule has 0 bridgehead atoms. The summed E-state index contributed by atoms with van der Waals surface area (Å²) in [7, 11) is 0. The first-order valence-corrected chi connectivity index (χ1v) is 35.0. The lowest BCUT2D eigenvalue weighted by atomic mass is 9.98. The Morgan fingerprint density at radius 2 is 0.830 bits per heavy atom. The number of aromatic nitrogens is 8. The molecule has 8 aromatic heterocycles. The fourth-order valence-corrected chi connectivity index (χ4v) is 18.8. The lowest BCUT2D eigenvalue weighted by molar-refractivity contribution is 0.568.